The summed E-state index contributed by atoms with van der Waals surface area (Å²) < 4.78 is 11.5. The molecule has 1 aliphatic heterocycles. The van der Waals surface area contributed by atoms with Crippen LogP contribution in [-0.4, -0.2) is 24.4 Å². The van der Waals surface area contributed by atoms with Crippen LogP contribution in [-0.2, 0) is 11.2 Å². The molecule has 0 aromatic heterocycles. The first-order chi connectivity index (χ1) is 9.66. The van der Waals surface area contributed by atoms with Gasteiger partial charge >= 0.3 is 0 Å². The summed E-state index contributed by atoms with van der Waals surface area (Å²) in [7, 11) is 1.73. The van der Waals surface area contributed by atoms with Gasteiger partial charge in [-0.2, -0.15) is 0 Å². The Balaban J connectivity index is 1.91. The Morgan fingerprint density at radius 1 is 1.35 bits per heavy atom. The molecule has 1 unspecified atom stereocenters. The molecule has 0 bridgehead atoms. The molecule has 20 heavy (non-hydrogen) atoms. The van der Waals surface area contributed by atoms with Gasteiger partial charge in [-0.15, -0.1) is 0 Å². The molecule has 0 spiro atoms. The Labute approximate surface area is 120 Å². The Morgan fingerprint density at radius 3 is 2.80 bits per heavy atom. The van der Waals surface area contributed by atoms with Crippen molar-refractivity contribution in [1.82, 2.24) is 0 Å². The maximum atomic E-state index is 10.9. The Kier molecular flexibility index (Phi) is 3.74. The van der Waals surface area contributed by atoms with Crippen molar-refractivity contribution in [3.8, 4) is 5.75 Å². The number of para-hydroxylation sites is 1. The summed E-state index contributed by atoms with van der Waals surface area (Å²) in [6.45, 7) is 2.99. The highest BCUT2D eigenvalue weighted by Gasteiger charge is 2.43. The van der Waals surface area contributed by atoms with Gasteiger partial charge in [0.2, 0.25) is 0 Å². The molecule has 1 aromatic carbocycles. The third kappa shape index (κ3) is 2.23. The van der Waals surface area contributed by atoms with Crippen LogP contribution in [0.1, 0.15) is 49.8 Å². The van der Waals surface area contributed by atoms with E-state index in [2.05, 4.69) is 13.0 Å². The Hall–Kier alpha value is -1.06. The summed E-state index contributed by atoms with van der Waals surface area (Å²) in [5.41, 5.74) is 1.65. The zero-order valence-electron chi connectivity index (χ0n) is 12.4. The van der Waals surface area contributed by atoms with Crippen LogP contribution < -0.4 is 4.74 Å². The van der Waals surface area contributed by atoms with Gasteiger partial charge in [-0.05, 0) is 37.2 Å². The number of ether oxygens (including phenoxy) is 2. The number of benzene rings is 1. The van der Waals surface area contributed by atoms with E-state index < -0.39 is 11.7 Å². The third-order valence-electron chi connectivity index (χ3n) is 5.06. The number of methoxy groups -OCH3 is 1. The molecule has 110 valence electrons. The second-order valence-corrected chi connectivity index (χ2v) is 6.29. The first-order valence-corrected chi connectivity index (χ1v) is 7.64. The van der Waals surface area contributed by atoms with Crippen LogP contribution in [0.4, 0.5) is 0 Å². The highest BCUT2D eigenvalue weighted by atomic mass is 16.5. The minimum absolute atomic E-state index is 0.451. The van der Waals surface area contributed by atoms with E-state index in [-0.39, 0.29) is 0 Å². The van der Waals surface area contributed by atoms with Crippen molar-refractivity contribution in [2.45, 2.75) is 50.7 Å². The maximum absolute atomic E-state index is 10.9. The summed E-state index contributed by atoms with van der Waals surface area (Å²) in [4.78, 5) is 0. The second kappa shape index (κ2) is 5.38. The fourth-order valence-electron chi connectivity index (χ4n) is 3.58. The topological polar surface area (TPSA) is 38.7 Å². The van der Waals surface area contributed by atoms with Gasteiger partial charge in [-0.1, -0.05) is 25.1 Å². The van der Waals surface area contributed by atoms with E-state index in [1.165, 1.54) is 5.56 Å². The van der Waals surface area contributed by atoms with Gasteiger partial charge in [0.1, 0.15) is 11.9 Å². The standard InChI is InChI=1S/C17H24O3/c1-12-6-9-17(19-2,10-7-12)16(18)14-5-3-4-13-8-11-20-15(13)14/h3-5,12,16,18H,6-11H2,1-2H3. The Morgan fingerprint density at radius 2 is 2.10 bits per heavy atom. The van der Waals surface area contributed by atoms with Gasteiger partial charge in [0, 0.05) is 19.1 Å². The molecule has 3 heteroatoms. The number of hydrogen-bond acceptors (Lipinski definition) is 3. The molecule has 1 aliphatic carbocycles. The molecule has 1 fully saturated rings. The first-order valence-electron chi connectivity index (χ1n) is 7.64. The fraction of sp³-hybridized carbons (Fsp3) is 0.647. The largest absolute Gasteiger partial charge is 0.493 e. The van der Waals surface area contributed by atoms with Crippen LogP contribution in [0.3, 0.4) is 0 Å². The van der Waals surface area contributed by atoms with E-state index in [9.17, 15) is 5.11 Å². The Bertz CT molecular complexity index is 475. The molecular weight excluding hydrogens is 252 g/mol. The van der Waals surface area contributed by atoms with Crippen LogP contribution >= 0.6 is 0 Å². The van der Waals surface area contributed by atoms with Crippen molar-refractivity contribution in [3.05, 3.63) is 29.3 Å². The van der Waals surface area contributed by atoms with Crippen molar-refractivity contribution < 1.29 is 14.6 Å². The van der Waals surface area contributed by atoms with Crippen LogP contribution in [0.25, 0.3) is 0 Å². The fourth-order valence-corrected chi connectivity index (χ4v) is 3.58. The number of rotatable bonds is 3. The minimum atomic E-state index is -0.604. The summed E-state index contributed by atoms with van der Waals surface area (Å²) in [6.07, 6.45) is 4.38. The summed E-state index contributed by atoms with van der Waals surface area (Å²) >= 11 is 0. The molecule has 1 atom stereocenters. The summed E-state index contributed by atoms with van der Waals surface area (Å²) in [6, 6.07) is 6.08. The molecule has 1 N–H and O–H groups in total. The zero-order chi connectivity index (χ0) is 14.2. The molecule has 1 saturated carbocycles. The van der Waals surface area contributed by atoms with Crippen molar-refractivity contribution in [3.63, 3.8) is 0 Å². The molecule has 0 radical (unpaired) electrons. The van der Waals surface area contributed by atoms with Crippen LogP contribution in [0.15, 0.2) is 18.2 Å². The first kappa shape index (κ1) is 13.9. The smallest absolute Gasteiger partial charge is 0.128 e. The van der Waals surface area contributed by atoms with Gasteiger partial charge in [0.15, 0.2) is 0 Å². The maximum Gasteiger partial charge on any atom is 0.128 e. The number of fused-ring (bicyclic) bond motifs is 1. The van der Waals surface area contributed by atoms with Crippen LogP contribution in [0, 0.1) is 5.92 Å². The lowest BCUT2D eigenvalue weighted by Gasteiger charge is -2.42. The van der Waals surface area contributed by atoms with Gasteiger partial charge in [0.05, 0.1) is 12.2 Å². The monoisotopic (exact) mass is 276 g/mol. The second-order valence-electron chi connectivity index (χ2n) is 6.29. The minimum Gasteiger partial charge on any atom is -0.493 e. The normalized spacial score (nSPS) is 30.6. The molecule has 1 heterocycles. The molecule has 3 nitrogen and oxygen atoms in total. The predicted octanol–water partition coefficient (Wildman–Crippen LogP) is 3.25. The van der Waals surface area contributed by atoms with Gasteiger partial charge in [-0.3, -0.25) is 0 Å². The highest BCUT2D eigenvalue weighted by Crippen LogP contribution is 2.46. The summed E-state index contributed by atoms with van der Waals surface area (Å²) in [5.74, 6) is 1.61. The van der Waals surface area contributed by atoms with Crippen molar-refractivity contribution in [2.24, 2.45) is 5.92 Å². The van der Waals surface area contributed by atoms with Gasteiger partial charge in [0.25, 0.3) is 0 Å². The highest BCUT2D eigenvalue weighted by molar-refractivity contribution is 5.46. The number of hydrogen-bond donors (Lipinski definition) is 1. The molecule has 0 saturated heterocycles. The van der Waals surface area contributed by atoms with Gasteiger partial charge < -0.3 is 14.6 Å². The lowest BCUT2D eigenvalue weighted by atomic mass is 9.74. The van der Waals surface area contributed by atoms with E-state index in [1.807, 2.05) is 12.1 Å². The number of aliphatic hydroxyl groups is 1. The molecular formula is C17H24O3. The molecule has 0 amide bonds. The predicted molar refractivity (Wildman–Crippen MR) is 78.0 cm³/mol. The molecule has 1 aromatic rings. The van der Waals surface area contributed by atoms with Crippen LogP contribution in [0.2, 0.25) is 0 Å². The van der Waals surface area contributed by atoms with E-state index in [4.69, 9.17) is 9.47 Å². The third-order valence-corrected chi connectivity index (χ3v) is 5.06. The lowest BCUT2D eigenvalue weighted by molar-refractivity contribution is -0.130. The van der Waals surface area contributed by atoms with Gasteiger partial charge in [-0.25, -0.2) is 0 Å². The molecule has 2 aliphatic rings. The summed E-state index contributed by atoms with van der Waals surface area (Å²) in [5, 5.41) is 10.9. The molecule has 3 rings (SSSR count). The van der Waals surface area contributed by atoms with Crippen molar-refractivity contribution in [1.29, 1.82) is 0 Å². The average Bonchev–Trinajstić information content (AvgIpc) is 2.96. The van der Waals surface area contributed by atoms with Crippen LogP contribution in [0.5, 0.6) is 5.75 Å². The van der Waals surface area contributed by atoms with E-state index >= 15 is 0 Å². The van der Waals surface area contributed by atoms with E-state index in [0.717, 1.165) is 55.9 Å². The van der Waals surface area contributed by atoms with Crippen molar-refractivity contribution in [2.75, 3.05) is 13.7 Å². The lowest BCUT2D eigenvalue weighted by Crippen LogP contribution is -2.42. The van der Waals surface area contributed by atoms with E-state index in [0.29, 0.717) is 0 Å². The number of aliphatic hydroxyl groups excluding tert-OH is 1. The zero-order valence-corrected chi connectivity index (χ0v) is 12.4. The average molecular weight is 276 g/mol. The quantitative estimate of drug-likeness (QED) is 0.921. The van der Waals surface area contributed by atoms with E-state index in [1.54, 1.807) is 7.11 Å². The van der Waals surface area contributed by atoms with Crippen molar-refractivity contribution >= 4 is 0 Å². The SMILES string of the molecule is COC1(C(O)c2cccc3c2OCC3)CCC(C)CC1.